The summed E-state index contributed by atoms with van der Waals surface area (Å²) in [4.78, 5) is 26.6. The molecule has 2 aromatic carbocycles. The van der Waals surface area contributed by atoms with E-state index >= 15 is 0 Å². The molecule has 2 aromatic rings. The van der Waals surface area contributed by atoms with Gasteiger partial charge in [-0.15, -0.1) is 11.8 Å². The van der Waals surface area contributed by atoms with Crippen LogP contribution in [0.25, 0.3) is 0 Å². The second-order valence-corrected chi connectivity index (χ2v) is 8.47. The monoisotopic (exact) mass is 437 g/mol. The number of carbonyl (C=O) groups excluding carboxylic acids is 2. The highest BCUT2D eigenvalue weighted by atomic mass is 35.5. The number of nitrogens with zero attached hydrogens (tertiary/aromatic N) is 1. The quantitative estimate of drug-likeness (QED) is 0.591. The summed E-state index contributed by atoms with van der Waals surface area (Å²) < 4.78 is 4.86. The Morgan fingerprint density at radius 2 is 1.93 bits per heavy atom. The molecule has 0 saturated carbocycles. The highest BCUT2D eigenvalue weighted by Gasteiger charge is 2.35. The second-order valence-electron chi connectivity index (χ2n) is 6.49. The van der Waals surface area contributed by atoms with Crippen LogP contribution in [0.15, 0.2) is 42.5 Å². The lowest BCUT2D eigenvalue weighted by molar-refractivity contribution is -0.140. The average Bonchev–Trinajstić information content (AvgIpc) is 2.84. The molecule has 0 saturated heterocycles. The van der Waals surface area contributed by atoms with Crippen LogP contribution >= 0.6 is 35.0 Å². The van der Waals surface area contributed by atoms with Crippen LogP contribution < -0.4 is 4.90 Å². The molecule has 0 aliphatic carbocycles. The van der Waals surface area contributed by atoms with Crippen LogP contribution in [-0.2, 0) is 14.3 Å². The van der Waals surface area contributed by atoms with Gasteiger partial charge in [0.05, 0.1) is 24.8 Å². The van der Waals surface area contributed by atoms with Gasteiger partial charge in [-0.05, 0) is 35.4 Å². The molecule has 0 N–H and O–H groups in total. The minimum absolute atomic E-state index is 0.0436. The first-order chi connectivity index (χ1) is 13.5. The van der Waals surface area contributed by atoms with Crippen LogP contribution in [0.5, 0.6) is 0 Å². The van der Waals surface area contributed by atoms with E-state index < -0.39 is 0 Å². The van der Waals surface area contributed by atoms with Gasteiger partial charge in [-0.3, -0.25) is 9.59 Å². The van der Waals surface area contributed by atoms with Gasteiger partial charge in [-0.2, -0.15) is 0 Å². The van der Waals surface area contributed by atoms with E-state index in [-0.39, 0.29) is 29.6 Å². The summed E-state index contributed by atoms with van der Waals surface area (Å²) in [5.74, 6) is 0.187. The molecule has 2 atom stereocenters. The van der Waals surface area contributed by atoms with Crippen molar-refractivity contribution in [2.45, 2.75) is 31.1 Å². The molecule has 3 rings (SSSR count). The first-order valence-corrected chi connectivity index (χ1v) is 10.8. The zero-order valence-electron chi connectivity index (χ0n) is 15.7. The van der Waals surface area contributed by atoms with Gasteiger partial charge < -0.3 is 9.64 Å². The van der Waals surface area contributed by atoms with Crippen LogP contribution in [0.3, 0.4) is 0 Å². The summed E-state index contributed by atoms with van der Waals surface area (Å²) in [6.07, 6.45) is 0.466. The average molecular weight is 438 g/mol. The van der Waals surface area contributed by atoms with Crippen molar-refractivity contribution < 1.29 is 14.3 Å². The SMILES string of the molecule is CCC(=O)N1c2ccc(Cl)cc2C(c2ccccc2Cl)SCC1CC(=O)OC. The number of hydrogen-bond donors (Lipinski definition) is 0. The molecule has 0 fully saturated rings. The fraction of sp³-hybridized carbons (Fsp3) is 0.333. The summed E-state index contributed by atoms with van der Waals surface area (Å²) >= 11 is 14.4. The summed E-state index contributed by atoms with van der Waals surface area (Å²) in [6.45, 7) is 1.82. The van der Waals surface area contributed by atoms with E-state index in [9.17, 15) is 9.59 Å². The molecule has 28 heavy (non-hydrogen) atoms. The molecular formula is C21H21Cl2NO3S. The summed E-state index contributed by atoms with van der Waals surface area (Å²) in [6, 6.07) is 12.9. The van der Waals surface area contributed by atoms with Crippen molar-refractivity contribution >= 4 is 52.5 Å². The van der Waals surface area contributed by atoms with Crippen molar-refractivity contribution in [3.8, 4) is 0 Å². The third kappa shape index (κ3) is 4.32. The van der Waals surface area contributed by atoms with E-state index in [1.165, 1.54) is 7.11 Å². The van der Waals surface area contributed by atoms with Crippen LogP contribution in [0.1, 0.15) is 36.1 Å². The Labute approximate surface area is 179 Å². The highest BCUT2D eigenvalue weighted by Crippen LogP contribution is 2.47. The zero-order chi connectivity index (χ0) is 20.3. The number of methoxy groups -OCH3 is 1. The molecule has 0 spiro atoms. The molecule has 0 aromatic heterocycles. The molecule has 1 amide bonds. The lowest BCUT2D eigenvalue weighted by atomic mass is 10.0. The van der Waals surface area contributed by atoms with E-state index in [1.54, 1.807) is 22.7 Å². The van der Waals surface area contributed by atoms with Crippen molar-refractivity contribution in [1.82, 2.24) is 0 Å². The maximum absolute atomic E-state index is 12.9. The molecule has 0 radical (unpaired) electrons. The Kier molecular flexibility index (Phi) is 6.91. The Morgan fingerprint density at radius 3 is 2.61 bits per heavy atom. The van der Waals surface area contributed by atoms with Gasteiger partial charge in [0.15, 0.2) is 0 Å². The number of thioether (sulfide) groups is 1. The van der Waals surface area contributed by atoms with Crippen LogP contribution in [0.4, 0.5) is 5.69 Å². The molecule has 1 aliphatic heterocycles. The Morgan fingerprint density at radius 1 is 1.18 bits per heavy atom. The van der Waals surface area contributed by atoms with Crippen molar-refractivity contribution in [2.24, 2.45) is 0 Å². The minimum atomic E-state index is -0.341. The summed E-state index contributed by atoms with van der Waals surface area (Å²) in [5.41, 5.74) is 2.64. The first kappa shape index (κ1) is 21.0. The van der Waals surface area contributed by atoms with E-state index in [1.807, 2.05) is 43.3 Å². The summed E-state index contributed by atoms with van der Waals surface area (Å²) in [7, 11) is 1.36. The van der Waals surface area contributed by atoms with Gasteiger partial charge in [-0.1, -0.05) is 48.3 Å². The lowest BCUT2D eigenvalue weighted by Gasteiger charge is -2.30. The molecule has 148 valence electrons. The fourth-order valence-electron chi connectivity index (χ4n) is 3.40. The molecular weight excluding hydrogens is 417 g/mol. The van der Waals surface area contributed by atoms with Crippen LogP contribution in [0.2, 0.25) is 10.0 Å². The molecule has 4 nitrogen and oxygen atoms in total. The number of esters is 1. The first-order valence-electron chi connectivity index (χ1n) is 9.00. The Hall–Kier alpha value is -1.69. The zero-order valence-corrected chi connectivity index (χ0v) is 18.0. The minimum Gasteiger partial charge on any atom is -0.469 e. The second kappa shape index (κ2) is 9.21. The van der Waals surface area contributed by atoms with E-state index in [0.29, 0.717) is 22.2 Å². The predicted octanol–water partition coefficient (Wildman–Crippen LogP) is 5.50. The van der Waals surface area contributed by atoms with E-state index in [0.717, 1.165) is 16.8 Å². The van der Waals surface area contributed by atoms with Gasteiger partial charge in [0.25, 0.3) is 0 Å². The van der Waals surface area contributed by atoms with E-state index in [2.05, 4.69) is 0 Å². The van der Waals surface area contributed by atoms with E-state index in [4.69, 9.17) is 27.9 Å². The molecule has 0 bridgehead atoms. The number of amides is 1. The number of halogens is 2. The number of fused-ring (bicyclic) bond motifs is 1. The van der Waals surface area contributed by atoms with Gasteiger partial charge in [0.1, 0.15) is 0 Å². The Bertz CT molecular complexity index is 890. The molecule has 2 unspecified atom stereocenters. The predicted molar refractivity (Wildman–Crippen MR) is 115 cm³/mol. The molecule has 1 heterocycles. The van der Waals surface area contributed by atoms with Gasteiger partial charge in [0.2, 0.25) is 5.91 Å². The number of rotatable bonds is 4. The Balaban J connectivity index is 2.16. The lowest BCUT2D eigenvalue weighted by Crippen LogP contribution is -2.43. The number of anilines is 1. The normalized spacial score (nSPS) is 18.9. The highest BCUT2D eigenvalue weighted by molar-refractivity contribution is 7.99. The summed E-state index contributed by atoms with van der Waals surface area (Å²) in [5, 5.41) is 1.15. The van der Waals surface area contributed by atoms with Crippen molar-refractivity contribution in [3.05, 3.63) is 63.6 Å². The van der Waals surface area contributed by atoms with Crippen LogP contribution in [0, 0.1) is 0 Å². The number of hydrogen-bond acceptors (Lipinski definition) is 4. The number of benzene rings is 2. The van der Waals surface area contributed by atoms with Crippen molar-refractivity contribution in [1.29, 1.82) is 0 Å². The van der Waals surface area contributed by atoms with Gasteiger partial charge >= 0.3 is 5.97 Å². The number of ether oxygens (including phenoxy) is 1. The largest absolute Gasteiger partial charge is 0.469 e. The topological polar surface area (TPSA) is 46.6 Å². The van der Waals surface area contributed by atoms with Gasteiger partial charge in [0, 0.05) is 27.9 Å². The molecule has 7 heteroatoms. The van der Waals surface area contributed by atoms with Crippen LogP contribution in [-0.4, -0.2) is 30.8 Å². The standard InChI is InChI=1S/C21H21Cl2NO3S/c1-3-19(25)24-14(11-20(26)27-2)12-28-21(15-6-4-5-7-17(15)23)16-10-13(22)8-9-18(16)24/h4-10,14,21H,3,11-12H2,1-2H3. The molecule has 1 aliphatic rings. The smallest absolute Gasteiger partial charge is 0.307 e. The maximum Gasteiger partial charge on any atom is 0.307 e. The number of carbonyl (C=O) groups is 2. The third-order valence-electron chi connectivity index (χ3n) is 4.74. The fourth-order valence-corrected chi connectivity index (χ4v) is 5.33. The van der Waals surface area contributed by atoms with Crippen molar-refractivity contribution in [3.63, 3.8) is 0 Å². The van der Waals surface area contributed by atoms with Gasteiger partial charge in [-0.25, -0.2) is 0 Å². The maximum atomic E-state index is 12.9. The van der Waals surface area contributed by atoms with Crippen molar-refractivity contribution in [2.75, 3.05) is 17.8 Å². The third-order valence-corrected chi connectivity index (χ3v) is 6.74.